The quantitative estimate of drug-likeness (QED) is 0.805. The van der Waals surface area contributed by atoms with E-state index >= 15 is 0 Å². The smallest absolute Gasteiger partial charge is 0.325 e. The zero-order valence-electron chi connectivity index (χ0n) is 15.1. The Labute approximate surface area is 162 Å². The van der Waals surface area contributed by atoms with Crippen LogP contribution in [0.4, 0.5) is 4.79 Å². The third kappa shape index (κ3) is 3.20. The molecule has 2 aromatic rings. The second-order valence-corrected chi connectivity index (χ2v) is 7.65. The number of aromatic nitrogens is 2. The largest absolute Gasteiger partial charge is 0.337 e. The highest BCUT2D eigenvalue weighted by atomic mass is 35.5. The van der Waals surface area contributed by atoms with Gasteiger partial charge in [-0.25, -0.2) is 4.79 Å². The lowest BCUT2D eigenvalue weighted by Crippen LogP contribution is -2.49. The Morgan fingerprint density at radius 2 is 2.04 bits per heavy atom. The lowest BCUT2D eigenvalue weighted by Gasteiger charge is -2.34. The standard InChI is InChI=1S/C19H21ClN4O3/c1-2-12-7-9-19(10-8-12)17(25)24(18(26)22-19)11-15-21-16(23-27-15)13-5-3-4-6-14(13)20/h3-6,12H,2,7-11H2,1H3,(H,22,26). The molecule has 0 bridgehead atoms. The van der Waals surface area contributed by atoms with Gasteiger partial charge < -0.3 is 9.84 Å². The summed E-state index contributed by atoms with van der Waals surface area (Å²) in [5.74, 6) is 0.969. The number of imide groups is 1. The molecule has 8 heteroatoms. The van der Waals surface area contributed by atoms with Gasteiger partial charge in [0.2, 0.25) is 11.7 Å². The number of benzene rings is 1. The second-order valence-electron chi connectivity index (χ2n) is 7.25. The molecule has 2 heterocycles. The average molecular weight is 389 g/mol. The lowest BCUT2D eigenvalue weighted by atomic mass is 9.75. The van der Waals surface area contributed by atoms with Crippen LogP contribution in [0.3, 0.4) is 0 Å². The summed E-state index contributed by atoms with van der Waals surface area (Å²) in [7, 11) is 0. The molecule has 0 radical (unpaired) electrons. The fourth-order valence-electron chi connectivity index (χ4n) is 3.94. The predicted octanol–water partition coefficient (Wildman–Crippen LogP) is 3.78. The first-order valence-electron chi connectivity index (χ1n) is 9.24. The minimum Gasteiger partial charge on any atom is -0.337 e. The molecule has 1 aromatic carbocycles. The highest BCUT2D eigenvalue weighted by Crippen LogP contribution is 2.38. The molecule has 1 N–H and O–H groups in total. The molecule has 1 aromatic heterocycles. The Morgan fingerprint density at radius 1 is 1.30 bits per heavy atom. The molecule has 2 fully saturated rings. The van der Waals surface area contributed by atoms with Crippen molar-refractivity contribution in [2.75, 3.05) is 0 Å². The Kier molecular flexibility index (Phi) is 4.63. The van der Waals surface area contributed by atoms with Crippen molar-refractivity contribution in [2.24, 2.45) is 5.92 Å². The summed E-state index contributed by atoms with van der Waals surface area (Å²) in [5, 5.41) is 7.34. The Hall–Kier alpha value is -2.41. The van der Waals surface area contributed by atoms with Gasteiger partial charge in [-0.15, -0.1) is 0 Å². The maximum atomic E-state index is 13.0. The number of urea groups is 1. The molecule has 1 aliphatic carbocycles. The van der Waals surface area contributed by atoms with Crippen LogP contribution in [0.5, 0.6) is 0 Å². The average Bonchev–Trinajstić information content (AvgIpc) is 3.22. The van der Waals surface area contributed by atoms with Crippen LogP contribution >= 0.6 is 11.6 Å². The van der Waals surface area contributed by atoms with Gasteiger partial charge >= 0.3 is 6.03 Å². The summed E-state index contributed by atoms with van der Waals surface area (Å²) in [6.07, 6.45) is 4.37. The van der Waals surface area contributed by atoms with Gasteiger partial charge in [0.15, 0.2) is 0 Å². The van der Waals surface area contributed by atoms with Crippen molar-refractivity contribution < 1.29 is 14.1 Å². The highest BCUT2D eigenvalue weighted by molar-refractivity contribution is 6.33. The number of rotatable bonds is 4. The van der Waals surface area contributed by atoms with Crippen LogP contribution in [-0.2, 0) is 11.3 Å². The van der Waals surface area contributed by atoms with E-state index in [1.165, 1.54) is 4.90 Å². The van der Waals surface area contributed by atoms with E-state index in [1.807, 2.05) is 12.1 Å². The third-order valence-electron chi connectivity index (χ3n) is 5.66. The number of nitrogens with one attached hydrogen (secondary N) is 1. The van der Waals surface area contributed by atoms with Crippen LogP contribution in [0.2, 0.25) is 5.02 Å². The van der Waals surface area contributed by atoms with Crippen molar-refractivity contribution >= 4 is 23.5 Å². The fraction of sp³-hybridized carbons (Fsp3) is 0.474. The van der Waals surface area contributed by atoms with Gasteiger partial charge in [0.05, 0.1) is 5.02 Å². The van der Waals surface area contributed by atoms with Gasteiger partial charge in [-0.2, -0.15) is 4.98 Å². The first kappa shape index (κ1) is 18.0. The van der Waals surface area contributed by atoms with E-state index in [4.69, 9.17) is 16.1 Å². The van der Waals surface area contributed by atoms with Gasteiger partial charge in [-0.05, 0) is 43.7 Å². The van der Waals surface area contributed by atoms with Crippen molar-refractivity contribution in [2.45, 2.75) is 51.1 Å². The molecule has 0 atom stereocenters. The van der Waals surface area contributed by atoms with Gasteiger partial charge in [0, 0.05) is 5.56 Å². The molecule has 1 aliphatic heterocycles. The van der Waals surface area contributed by atoms with E-state index in [1.54, 1.807) is 12.1 Å². The molecule has 7 nitrogen and oxygen atoms in total. The number of carbonyl (C=O) groups excluding carboxylic acids is 2. The Balaban J connectivity index is 1.50. The topological polar surface area (TPSA) is 88.3 Å². The van der Waals surface area contributed by atoms with E-state index in [0.717, 1.165) is 19.3 Å². The van der Waals surface area contributed by atoms with Crippen molar-refractivity contribution in [1.82, 2.24) is 20.4 Å². The molecule has 0 unspecified atom stereocenters. The lowest BCUT2D eigenvalue weighted by molar-refractivity contribution is -0.133. The van der Waals surface area contributed by atoms with Gasteiger partial charge in [-0.1, -0.05) is 42.2 Å². The molecule has 4 rings (SSSR count). The van der Waals surface area contributed by atoms with Crippen molar-refractivity contribution in [3.63, 3.8) is 0 Å². The molecule has 27 heavy (non-hydrogen) atoms. The maximum Gasteiger partial charge on any atom is 0.325 e. The van der Waals surface area contributed by atoms with Gasteiger partial charge in [-0.3, -0.25) is 9.69 Å². The van der Waals surface area contributed by atoms with Crippen LogP contribution in [-0.4, -0.2) is 32.5 Å². The summed E-state index contributed by atoms with van der Waals surface area (Å²) in [6.45, 7) is 2.12. The van der Waals surface area contributed by atoms with Crippen LogP contribution in [0.1, 0.15) is 44.9 Å². The minimum atomic E-state index is -0.770. The normalized spacial score (nSPS) is 25.3. The van der Waals surface area contributed by atoms with E-state index in [0.29, 0.717) is 35.2 Å². The fourth-order valence-corrected chi connectivity index (χ4v) is 4.16. The van der Waals surface area contributed by atoms with Gasteiger partial charge in [0.25, 0.3) is 5.91 Å². The van der Waals surface area contributed by atoms with Gasteiger partial charge in [0.1, 0.15) is 12.1 Å². The summed E-state index contributed by atoms with van der Waals surface area (Å²) < 4.78 is 5.25. The van der Waals surface area contributed by atoms with Crippen molar-refractivity contribution in [3.05, 3.63) is 35.2 Å². The first-order chi connectivity index (χ1) is 13.0. The first-order valence-corrected chi connectivity index (χ1v) is 9.62. The Morgan fingerprint density at radius 3 is 2.74 bits per heavy atom. The monoisotopic (exact) mass is 388 g/mol. The predicted molar refractivity (Wildman–Crippen MR) is 98.8 cm³/mol. The van der Waals surface area contributed by atoms with Crippen LogP contribution in [0.25, 0.3) is 11.4 Å². The summed E-state index contributed by atoms with van der Waals surface area (Å²) in [4.78, 5) is 30.9. The van der Waals surface area contributed by atoms with E-state index in [2.05, 4.69) is 22.4 Å². The van der Waals surface area contributed by atoms with E-state index < -0.39 is 11.6 Å². The van der Waals surface area contributed by atoms with Crippen molar-refractivity contribution in [1.29, 1.82) is 0 Å². The number of hydrogen-bond donors (Lipinski definition) is 1. The summed E-state index contributed by atoms with van der Waals surface area (Å²) in [6, 6.07) is 6.76. The maximum absolute atomic E-state index is 13.0. The number of carbonyl (C=O) groups is 2. The molecular formula is C19H21ClN4O3. The summed E-state index contributed by atoms with van der Waals surface area (Å²) >= 11 is 6.16. The third-order valence-corrected chi connectivity index (χ3v) is 5.99. The molecule has 3 amide bonds. The van der Waals surface area contributed by atoms with Crippen LogP contribution in [0, 0.1) is 5.92 Å². The van der Waals surface area contributed by atoms with Crippen LogP contribution < -0.4 is 5.32 Å². The zero-order valence-corrected chi connectivity index (χ0v) is 15.8. The molecule has 142 valence electrons. The number of halogens is 1. The second kappa shape index (κ2) is 6.96. The molecule has 1 spiro atoms. The van der Waals surface area contributed by atoms with Crippen LogP contribution in [0.15, 0.2) is 28.8 Å². The zero-order chi connectivity index (χ0) is 19.0. The number of nitrogens with zero attached hydrogens (tertiary/aromatic N) is 3. The van der Waals surface area contributed by atoms with Crippen molar-refractivity contribution in [3.8, 4) is 11.4 Å². The Bertz CT molecular complexity index is 873. The molecule has 1 saturated heterocycles. The molecular weight excluding hydrogens is 368 g/mol. The summed E-state index contributed by atoms with van der Waals surface area (Å²) in [5.41, 5.74) is -0.130. The molecule has 1 saturated carbocycles. The minimum absolute atomic E-state index is 0.0406. The van der Waals surface area contributed by atoms with E-state index in [-0.39, 0.29) is 18.3 Å². The highest BCUT2D eigenvalue weighted by Gasteiger charge is 2.52. The number of hydrogen-bond acceptors (Lipinski definition) is 5. The number of amides is 3. The SMILES string of the molecule is CCC1CCC2(CC1)NC(=O)N(Cc1nc(-c3ccccc3Cl)no1)C2=O. The van der Waals surface area contributed by atoms with E-state index in [9.17, 15) is 9.59 Å². The molecule has 2 aliphatic rings.